The number of benzene rings is 1. The van der Waals surface area contributed by atoms with E-state index in [1.807, 2.05) is 43.4 Å². The van der Waals surface area contributed by atoms with Gasteiger partial charge in [-0.1, -0.05) is 30.3 Å². The van der Waals surface area contributed by atoms with Gasteiger partial charge in [0.05, 0.1) is 6.61 Å². The van der Waals surface area contributed by atoms with Gasteiger partial charge in [0.25, 0.3) is 0 Å². The maximum absolute atomic E-state index is 5.06. The van der Waals surface area contributed by atoms with E-state index in [0.29, 0.717) is 6.61 Å². The molecule has 1 heterocycles. The van der Waals surface area contributed by atoms with Crippen molar-refractivity contribution >= 4 is 17.6 Å². The Kier molecular flexibility index (Phi) is 5.18. The molecular weight excluding hydrogens is 258 g/mol. The van der Waals surface area contributed by atoms with Crippen molar-refractivity contribution in [1.82, 2.24) is 9.97 Å². The quantitative estimate of drug-likeness (QED) is 0.499. The molecule has 0 radical (unpaired) electrons. The largest absolute Gasteiger partial charge is 0.384 e. The number of rotatable bonds is 6. The van der Waals surface area contributed by atoms with Crippen LogP contribution in [0.3, 0.4) is 0 Å². The summed E-state index contributed by atoms with van der Waals surface area (Å²) >= 11 is 1.67. The van der Waals surface area contributed by atoms with Crippen molar-refractivity contribution in [3.05, 3.63) is 36.4 Å². The summed E-state index contributed by atoms with van der Waals surface area (Å²) in [5.41, 5.74) is 1.02. The van der Waals surface area contributed by atoms with Crippen LogP contribution < -0.4 is 5.32 Å². The number of nitrogens with one attached hydrogen (secondary N) is 1. The van der Waals surface area contributed by atoms with Gasteiger partial charge in [0.15, 0.2) is 5.82 Å². The van der Waals surface area contributed by atoms with Crippen molar-refractivity contribution in [2.45, 2.75) is 5.03 Å². The maximum atomic E-state index is 5.06. The molecule has 0 unspecified atom stereocenters. The second kappa shape index (κ2) is 7.11. The van der Waals surface area contributed by atoms with E-state index in [4.69, 9.17) is 4.74 Å². The third-order valence-corrected chi connectivity index (χ3v) is 3.40. The van der Waals surface area contributed by atoms with Crippen LogP contribution in [0.15, 0.2) is 41.4 Å². The molecule has 0 saturated carbocycles. The number of nitrogens with zero attached hydrogens (tertiary/aromatic N) is 2. The van der Waals surface area contributed by atoms with Crippen LogP contribution >= 0.6 is 11.8 Å². The molecule has 0 aliphatic rings. The number of aromatic nitrogens is 2. The molecular formula is C14H17N3OS. The summed E-state index contributed by atoms with van der Waals surface area (Å²) in [4.78, 5) is 9.06. The first-order valence-corrected chi connectivity index (χ1v) is 7.06. The van der Waals surface area contributed by atoms with E-state index in [-0.39, 0.29) is 0 Å². The summed E-state index contributed by atoms with van der Waals surface area (Å²) in [5, 5.41) is 4.03. The third-order valence-electron chi connectivity index (χ3n) is 2.53. The summed E-state index contributed by atoms with van der Waals surface area (Å²) in [6, 6.07) is 11.9. The van der Waals surface area contributed by atoms with E-state index < -0.39 is 0 Å². The zero-order chi connectivity index (χ0) is 13.5. The predicted molar refractivity (Wildman–Crippen MR) is 79.6 cm³/mol. The minimum absolute atomic E-state index is 0.713. The smallest absolute Gasteiger partial charge is 0.162 e. The van der Waals surface area contributed by atoms with Crippen molar-refractivity contribution in [1.29, 1.82) is 0 Å². The molecule has 1 N–H and O–H groups in total. The van der Waals surface area contributed by atoms with Crippen molar-refractivity contribution in [2.75, 3.05) is 31.8 Å². The van der Waals surface area contributed by atoms with E-state index in [9.17, 15) is 0 Å². The molecule has 4 nitrogen and oxygen atoms in total. The lowest BCUT2D eigenvalue weighted by atomic mass is 10.2. The Hall–Kier alpha value is -1.59. The van der Waals surface area contributed by atoms with E-state index in [0.717, 1.165) is 28.0 Å². The molecule has 2 aromatic rings. The highest BCUT2D eigenvalue weighted by atomic mass is 32.2. The minimum Gasteiger partial charge on any atom is -0.384 e. The Bertz CT molecular complexity index is 519. The first kappa shape index (κ1) is 13.8. The molecule has 100 valence electrons. The summed E-state index contributed by atoms with van der Waals surface area (Å²) in [6.45, 7) is 0.713. The highest BCUT2D eigenvalue weighted by molar-refractivity contribution is 7.99. The Morgan fingerprint density at radius 3 is 2.68 bits per heavy atom. The van der Waals surface area contributed by atoms with Gasteiger partial charge < -0.3 is 10.1 Å². The Labute approximate surface area is 117 Å². The number of anilines is 1. The van der Waals surface area contributed by atoms with Gasteiger partial charge in [-0.3, -0.25) is 0 Å². The normalized spacial score (nSPS) is 10.4. The molecule has 5 heteroatoms. The van der Waals surface area contributed by atoms with Crippen LogP contribution in [-0.2, 0) is 4.74 Å². The average Bonchev–Trinajstić information content (AvgIpc) is 2.48. The van der Waals surface area contributed by atoms with Gasteiger partial charge in [-0.15, -0.1) is 11.8 Å². The number of hydrogen-bond acceptors (Lipinski definition) is 5. The molecule has 0 aliphatic carbocycles. The Morgan fingerprint density at radius 2 is 2.00 bits per heavy atom. The fourth-order valence-corrected chi connectivity index (χ4v) is 2.38. The number of thioether (sulfide) groups is 1. The lowest BCUT2D eigenvalue weighted by Crippen LogP contribution is -1.99. The fraction of sp³-hybridized carbons (Fsp3) is 0.286. The molecule has 0 amide bonds. The van der Waals surface area contributed by atoms with Crippen LogP contribution in [0.1, 0.15) is 0 Å². The standard InChI is InChI=1S/C14H17N3OS/c1-15-12-10-13(19-9-8-18-2)17-14(16-12)11-6-4-3-5-7-11/h3-7,10H,8-9H2,1-2H3,(H,15,16,17). The molecule has 2 rings (SSSR count). The highest BCUT2D eigenvalue weighted by Crippen LogP contribution is 2.23. The highest BCUT2D eigenvalue weighted by Gasteiger charge is 2.06. The van der Waals surface area contributed by atoms with Crippen molar-refractivity contribution < 1.29 is 4.74 Å². The van der Waals surface area contributed by atoms with Crippen molar-refractivity contribution in [2.24, 2.45) is 0 Å². The molecule has 0 atom stereocenters. The molecule has 0 bridgehead atoms. The molecule has 0 spiro atoms. The predicted octanol–water partition coefficient (Wildman–Crippen LogP) is 2.92. The summed E-state index contributed by atoms with van der Waals surface area (Å²) in [6.07, 6.45) is 0. The lowest BCUT2D eigenvalue weighted by Gasteiger charge is -2.07. The number of methoxy groups -OCH3 is 1. The maximum Gasteiger partial charge on any atom is 0.162 e. The first-order valence-electron chi connectivity index (χ1n) is 6.07. The van der Waals surface area contributed by atoms with Gasteiger partial charge in [-0.05, 0) is 0 Å². The first-order chi connectivity index (χ1) is 9.33. The van der Waals surface area contributed by atoms with Gasteiger partial charge in [0.1, 0.15) is 10.8 Å². The minimum atomic E-state index is 0.713. The second-order valence-electron chi connectivity index (χ2n) is 3.87. The summed E-state index contributed by atoms with van der Waals surface area (Å²) in [5.74, 6) is 2.45. The Morgan fingerprint density at radius 1 is 1.21 bits per heavy atom. The van der Waals surface area contributed by atoms with Crippen LogP contribution in [0.4, 0.5) is 5.82 Å². The lowest BCUT2D eigenvalue weighted by molar-refractivity contribution is 0.218. The van der Waals surface area contributed by atoms with Gasteiger partial charge in [0.2, 0.25) is 0 Å². The van der Waals surface area contributed by atoms with Gasteiger partial charge in [-0.25, -0.2) is 9.97 Å². The Balaban J connectivity index is 2.26. The summed E-state index contributed by atoms with van der Waals surface area (Å²) in [7, 11) is 3.57. The molecule has 1 aromatic heterocycles. The van der Waals surface area contributed by atoms with E-state index in [1.54, 1.807) is 18.9 Å². The van der Waals surface area contributed by atoms with Crippen molar-refractivity contribution in [3.8, 4) is 11.4 Å². The van der Waals surface area contributed by atoms with E-state index in [1.165, 1.54) is 0 Å². The van der Waals surface area contributed by atoms with E-state index in [2.05, 4.69) is 15.3 Å². The average molecular weight is 275 g/mol. The van der Waals surface area contributed by atoms with Crippen LogP contribution in [0.2, 0.25) is 0 Å². The SMILES string of the molecule is CNc1cc(SCCOC)nc(-c2ccccc2)n1. The molecule has 19 heavy (non-hydrogen) atoms. The van der Waals surface area contributed by atoms with Crippen LogP contribution in [-0.4, -0.2) is 36.5 Å². The topological polar surface area (TPSA) is 47.0 Å². The molecule has 0 saturated heterocycles. The summed E-state index contributed by atoms with van der Waals surface area (Å²) < 4.78 is 5.06. The van der Waals surface area contributed by atoms with Crippen LogP contribution in [0.25, 0.3) is 11.4 Å². The monoisotopic (exact) mass is 275 g/mol. The van der Waals surface area contributed by atoms with Crippen molar-refractivity contribution in [3.63, 3.8) is 0 Å². The molecule has 0 fully saturated rings. The number of ether oxygens (including phenoxy) is 1. The number of hydrogen-bond donors (Lipinski definition) is 1. The van der Waals surface area contributed by atoms with Crippen LogP contribution in [0, 0.1) is 0 Å². The zero-order valence-electron chi connectivity index (χ0n) is 11.1. The second-order valence-corrected chi connectivity index (χ2v) is 4.99. The van der Waals surface area contributed by atoms with E-state index >= 15 is 0 Å². The van der Waals surface area contributed by atoms with Gasteiger partial charge in [-0.2, -0.15) is 0 Å². The van der Waals surface area contributed by atoms with Gasteiger partial charge >= 0.3 is 0 Å². The molecule has 1 aromatic carbocycles. The zero-order valence-corrected chi connectivity index (χ0v) is 11.9. The third kappa shape index (κ3) is 3.94. The van der Waals surface area contributed by atoms with Crippen LogP contribution in [0.5, 0.6) is 0 Å². The fourth-order valence-electron chi connectivity index (χ4n) is 1.57. The molecule has 0 aliphatic heterocycles. The van der Waals surface area contributed by atoms with Gasteiger partial charge in [0, 0.05) is 31.5 Å².